The summed E-state index contributed by atoms with van der Waals surface area (Å²) in [6.45, 7) is 0.721. The molecule has 1 aliphatic rings. The maximum Gasteiger partial charge on any atom is 0.227 e. The fourth-order valence-corrected chi connectivity index (χ4v) is 4.75. The molecule has 0 saturated carbocycles. The van der Waals surface area contributed by atoms with Gasteiger partial charge in [0.05, 0.1) is 11.4 Å². The second-order valence-electron chi connectivity index (χ2n) is 7.48. The van der Waals surface area contributed by atoms with Gasteiger partial charge in [0.25, 0.3) is 0 Å². The van der Waals surface area contributed by atoms with Crippen molar-refractivity contribution in [1.82, 2.24) is 4.98 Å². The zero-order valence-electron chi connectivity index (χ0n) is 17.3. The van der Waals surface area contributed by atoms with Gasteiger partial charge in [0, 0.05) is 37.1 Å². The third-order valence-corrected chi connectivity index (χ3v) is 6.17. The average molecular weight is 442 g/mol. The quantitative estimate of drug-likeness (QED) is 0.292. The van der Waals surface area contributed by atoms with Crippen LogP contribution >= 0.6 is 11.3 Å². The number of fused-ring (bicyclic) bond motifs is 3. The maximum absolute atomic E-state index is 6.15. The first-order valence-corrected chi connectivity index (χ1v) is 11.1. The molecule has 7 heteroatoms. The second-order valence-corrected chi connectivity index (χ2v) is 8.40. The van der Waals surface area contributed by atoms with E-state index in [2.05, 4.69) is 33.3 Å². The van der Waals surface area contributed by atoms with E-state index in [4.69, 9.17) is 13.9 Å². The molecular weight excluding hydrogens is 422 g/mol. The van der Waals surface area contributed by atoms with Crippen molar-refractivity contribution in [3.63, 3.8) is 0 Å². The number of ether oxygens (including phenoxy) is 2. The molecule has 0 spiro atoms. The van der Waals surface area contributed by atoms with Gasteiger partial charge < -0.3 is 18.8 Å². The van der Waals surface area contributed by atoms with Crippen LogP contribution in [-0.4, -0.2) is 18.7 Å². The lowest BCUT2D eigenvalue weighted by atomic mass is 10.2. The molecule has 3 aromatic heterocycles. The molecule has 0 saturated heterocycles. The summed E-state index contributed by atoms with van der Waals surface area (Å²) >= 11 is 1.70. The minimum absolute atomic E-state index is 0.541. The van der Waals surface area contributed by atoms with Crippen molar-refractivity contribution < 1.29 is 13.9 Å². The number of benzene rings is 2. The molecule has 4 heterocycles. The molecular formula is C25H19N3O3S. The lowest BCUT2D eigenvalue weighted by Crippen LogP contribution is -2.24. The Labute approximate surface area is 188 Å². The van der Waals surface area contributed by atoms with Crippen molar-refractivity contribution in [3.8, 4) is 23.1 Å². The van der Waals surface area contributed by atoms with Gasteiger partial charge >= 0.3 is 0 Å². The fourth-order valence-electron chi connectivity index (χ4n) is 3.85. The number of hydrogen-bond donors (Lipinski definition) is 0. The molecule has 2 aromatic carbocycles. The molecule has 32 heavy (non-hydrogen) atoms. The van der Waals surface area contributed by atoms with Crippen LogP contribution in [0, 0.1) is 0 Å². The van der Waals surface area contributed by atoms with Gasteiger partial charge in [-0.1, -0.05) is 18.2 Å². The van der Waals surface area contributed by atoms with Gasteiger partial charge in [-0.05, 0) is 41.8 Å². The third kappa shape index (κ3) is 3.33. The highest BCUT2D eigenvalue weighted by atomic mass is 32.1. The standard InChI is InChI=1S/C25H19N3O3S/c1-27-16-28(25-23(27)24-21(31-25)11-13-32-24)17-6-4-7-18(14-17)29-19-8-5-9-20(15-19)30-22-10-2-3-12-26-22/h2-15H,16H2,1H3. The van der Waals surface area contributed by atoms with Crippen LogP contribution in [-0.2, 0) is 0 Å². The smallest absolute Gasteiger partial charge is 0.227 e. The van der Waals surface area contributed by atoms with E-state index in [1.165, 1.54) is 4.70 Å². The highest BCUT2D eigenvalue weighted by Gasteiger charge is 2.32. The molecule has 0 radical (unpaired) electrons. The Morgan fingerprint density at radius 3 is 2.56 bits per heavy atom. The van der Waals surface area contributed by atoms with Gasteiger partial charge in [0.1, 0.15) is 28.5 Å². The molecule has 5 aromatic rings. The summed E-state index contributed by atoms with van der Waals surface area (Å²) in [6, 6.07) is 23.1. The van der Waals surface area contributed by atoms with Gasteiger partial charge in [-0.3, -0.25) is 4.90 Å². The van der Waals surface area contributed by atoms with Crippen molar-refractivity contribution >= 4 is 38.9 Å². The topological polar surface area (TPSA) is 51.0 Å². The SMILES string of the molecule is CN1CN(c2cccc(Oc3cccc(Oc4ccccn4)c3)c2)c2oc3ccsc3c21. The largest absolute Gasteiger partial charge is 0.457 e. The Morgan fingerprint density at radius 2 is 1.72 bits per heavy atom. The van der Waals surface area contributed by atoms with E-state index in [1.807, 2.05) is 66.7 Å². The van der Waals surface area contributed by atoms with Crippen molar-refractivity contribution in [3.05, 3.63) is 84.4 Å². The Kier molecular flexibility index (Phi) is 4.47. The first kappa shape index (κ1) is 18.8. The van der Waals surface area contributed by atoms with Crippen LogP contribution in [0.1, 0.15) is 0 Å². The van der Waals surface area contributed by atoms with Gasteiger partial charge in [0.15, 0.2) is 0 Å². The molecule has 0 amide bonds. The number of pyridine rings is 1. The molecule has 6 nitrogen and oxygen atoms in total. The van der Waals surface area contributed by atoms with Crippen LogP contribution in [0.5, 0.6) is 23.1 Å². The number of thiophene rings is 1. The van der Waals surface area contributed by atoms with Crippen molar-refractivity contribution in [2.75, 3.05) is 23.5 Å². The minimum atomic E-state index is 0.541. The summed E-state index contributed by atoms with van der Waals surface area (Å²) in [7, 11) is 2.08. The zero-order valence-corrected chi connectivity index (χ0v) is 18.1. The van der Waals surface area contributed by atoms with E-state index < -0.39 is 0 Å². The van der Waals surface area contributed by atoms with Gasteiger partial charge in [-0.25, -0.2) is 4.98 Å². The fraction of sp³-hybridized carbons (Fsp3) is 0.0800. The second kappa shape index (κ2) is 7.62. The minimum Gasteiger partial charge on any atom is -0.457 e. The highest BCUT2D eigenvalue weighted by molar-refractivity contribution is 7.17. The normalized spacial score (nSPS) is 12.9. The monoisotopic (exact) mass is 441 g/mol. The molecule has 0 unspecified atom stereocenters. The van der Waals surface area contributed by atoms with E-state index >= 15 is 0 Å². The van der Waals surface area contributed by atoms with Gasteiger partial charge in [-0.15, -0.1) is 11.3 Å². The third-order valence-electron chi connectivity index (χ3n) is 5.26. The van der Waals surface area contributed by atoms with E-state index in [1.54, 1.807) is 17.5 Å². The first-order valence-electron chi connectivity index (χ1n) is 10.2. The molecule has 0 N–H and O–H groups in total. The molecule has 1 aliphatic heterocycles. The van der Waals surface area contributed by atoms with E-state index in [-0.39, 0.29) is 0 Å². The van der Waals surface area contributed by atoms with E-state index in [9.17, 15) is 0 Å². The van der Waals surface area contributed by atoms with Crippen molar-refractivity contribution in [2.24, 2.45) is 0 Å². The van der Waals surface area contributed by atoms with Crippen LogP contribution in [0.4, 0.5) is 17.3 Å². The lowest BCUT2D eigenvalue weighted by Gasteiger charge is -2.19. The molecule has 6 rings (SSSR count). The van der Waals surface area contributed by atoms with Crippen molar-refractivity contribution in [1.29, 1.82) is 0 Å². The number of aromatic nitrogens is 1. The molecule has 0 aliphatic carbocycles. The van der Waals surface area contributed by atoms with Gasteiger partial charge in [-0.2, -0.15) is 0 Å². The Bertz CT molecular complexity index is 1400. The maximum atomic E-state index is 6.15. The number of hydrogen-bond acceptors (Lipinski definition) is 7. The molecule has 158 valence electrons. The summed E-state index contributed by atoms with van der Waals surface area (Å²) in [6.07, 6.45) is 1.70. The van der Waals surface area contributed by atoms with E-state index in [0.717, 1.165) is 35.3 Å². The van der Waals surface area contributed by atoms with Crippen LogP contribution in [0.15, 0.2) is 88.8 Å². The lowest BCUT2D eigenvalue weighted by molar-refractivity contribution is 0.449. The number of anilines is 3. The van der Waals surface area contributed by atoms with Crippen molar-refractivity contribution in [2.45, 2.75) is 0 Å². The highest BCUT2D eigenvalue weighted by Crippen LogP contribution is 2.49. The predicted octanol–water partition coefficient (Wildman–Crippen LogP) is 7.02. The van der Waals surface area contributed by atoms with Gasteiger partial charge in [0.2, 0.25) is 11.8 Å². The van der Waals surface area contributed by atoms with Crippen LogP contribution < -0.4 is 19.3 Å². The molecule has 0 fully saturated rings. The van der Waals surface area contributed by atoms with Crippen LogP contribution in [0.25, 0.3) is 10.3 Å². The Morgan fingerprint density at radius 1 is 0.906 bits per heavy atom. The number of nitrogens with zero attached hydrogens (tertiary/aromatic N) is 3. The predicted molar refractivity (Wildman–Crippen MR) is 127 cm³/mol. The van der Waals surface area contributed by atoms with Crippen LogP contribution in [0.3, 0.4) is 0 Å². The summed E-state index contributed by atoms with van der Waals surface area (Å²) in [5, 5.41) is 2.06. The first-order chi connectivity index (χ1) is 15.7. The molecule has 0 bridgehead atoms. The van der Waals surface area contributed by atoms with Crippen LogP contribution in [0.2, 0.25) is 0 Å². The average Bonchev–Trinajstić information content (AvgIpc) is 3.47. The summed E-state index contributed by atoms with van der Waals surface area (Å²) in [4.78, 5) is 8.57. The summed E-state index contributed by atoms with van der Waals surface area (Å²) in [5.74, 6) is 3.50. The Hall–Kier alpha value is -3.97. The number of furan rings is 1. The van der Waals surface area contributed by atoms with E-state index in [0.29, 0.717) is 17.4 Å². The number of rotatable bonds is 5. The Balaban J connectivity index is 1.25. The molecule has 0 atom stereocenters. The zero-order chi connectivity index (χ0) is 21.5. The summed E-state index contributed by atoms with van der Waals surface area (Å²) < 4.78 is 19.3. The summed E-state index contributed by atoms with van der Waals surface area (Å²) in [5.41, 5.74) is 3.07.